The first kappa shape index (κ1) is 17.3. The first-order chi connectivity index (χ1) is 16.4. The average molecular weight is 425 g/mol. The van der Waals surface area contributed by atoms with E-state index >= 15 is 0 Å². The summed E-state index contributed by atoms with van der Waals surface area (Å²) >= 11 is 0. The van der Waals surface area contributed by atoms with Crippen LogP contribution in [-0.4, -0.2) is 9.55 Å². The number of H-pyrrole nitrogens is 1. The van der Waals surface area contributed by atoms with E-state index < -0.39 is 0 Å². The van der Waals surface area contributed by atoms with Crippen molar-refractivity contribution in [1.29, 1.82) is 0 Å². The van der Waals surface area contributed by atoms with Crippen molar-refractivity contribution in [2.75, 3.05) is 0 Å². The molecule has 1 N–H and O–H groups in total. The van der Waals surface area contributed by atoms with E-state index in [2.05, 4.69) is 101 Å². The third kappa shape index (κ3) is 2.19. The van der Waals surface area contributed by atoms with Crippen molar-refractivity contribution in [3.63, 3.8) is 0 Å². The summed E-state index contributed by atoms with van der Waals surface area (Å²) in [6.45, 7) is 0. The van der Waals surface area contributed by atoms with Crippen molar-refractivity contribution in [3.05, 3.63) is 96.2 Å². The molecule has 0 aliphatic heterocycles. The fourth-order valence-corrected chi connectivity index (χ4v) is 5.77. The van der Waals surface area contributed by atoms with Crippen molar-refractivity contribution >= 4 is 60.7 Å². The van der Waals surface area contributed by atoms with Crippen LogP contribution in [0.4, 0.5) is 0 Å². The zero-order chi connectivity index (χ0) is 21.5. The van der Waals surface area contributed by atoms with Crippen LogP contribution < -0.4 is 0 Å². The Bertz CT molecular complexity index is 1910. The second-order valence-electron chi connectivity index (χ2n) is 8.95. The predicted octanol–water partition coefficient (Wildman–Crippen LogP) is 8.12. The molecule has 0 spiro atoms. The van der Waals surface area contributed by atoms with E-state index in [-0.39, 0.29) is 0 Å². The van der Waals surface area contributed by atoms with Gasteiger partial charge in [-0.15, -0.1) is 0 Å². The summed E-state index contributed by atoms with van der Waals surface area (Å²) in [5, 5.41) is 5.95. The van der Waals surface area contributed by atoms with Gasteiger partial charge in [0.25, 0.3) is 0 Å². The highest BCUT2D eigenvalue weighted by molar-refractivity contribution is 6.26. The highest BCUT2D eigenvalue weighted by Crippen LogP contribution is 2.43. The fourth-order valence-electron chi connectivity index (χ4n) is 5.77. The number of aromatic nitrogens is 2. The number of hydrogen-bond acceptors (Lipinski definition) is 1. The van der Waals surface area contributed by atoms with Gasteiger partial charge in [-0.2, -0.15) is 0 Å². The number of fused-ring (bicyclic) bond motifs is 11. The van der Waals surface area contributed by atoms with Gasteiger partial charge in [-0.1, -0.05) is 48.6 Å². The van der Waals surface area contributed by atoms with E-state index in [0.717, 1.165) is 35.2 Å². The van der Waals surface area contributed by atoms with Gasteiger partial charge in [0, 0.05) is 33.1 Å². The molecular weight excluding hydrogens is 404 g/mol. The standard InChI is InChI=1S/C30H20N2O/c1-2-8-18(9-3-1)32-25-13-7-5-11-22(25)28-26(32)17-15-20-19-14-16-24-27(29(19)33-30(20)28)21-10-4-6-12-23(21)31-24/h1-5,7-11,13-17,31H,6,12H2. The van der Waals surface area contributed by atoms with Crippen molar-refractivity contribution in [3.8, 4) is 5.69 Å². The lowest BCUT2D eigenvalue weighted by atomic mass is 10.0. The Hall–Kier alpha value is -4.24. The molecule has 3 nitrogen and oxygen atoms in total. The van der Waals surface area contributed by atoms with Crippen LogP contribution >= 0.6 is 0 Å². The molecule has 3 aromatic heterocycles. The second-order valence-corrected chi connectivity index (χ2v) is 8.95. The molecule has 0 bridgehead atoms. The Morgan fingerprint density at radius 2 is 1.48 bits per heavy atom. The van der Waals surface area contributed by atoms with Crippen LogP contribution in [0.15, 0.2) is 89.4 Å². The van der Waals surface area contributed by atoms with Crippen molar-refractivity contribution in [1.82, 2.24) is 9.55 Å². The fraction of sp³-hybridized carbons (Fsp3) is 0.0667. The molecular formula is C30H20N2O. The van der Waals surface area contributed by atoms with Gasteiger partial charge in [0.15, 0.2) is 0 Å². The number of aromatic amines is 1. The Morgan fingerprint density at radius 3 is 2.39 bits per heavy atom. The molecule has 0 saturated heterocycles. The third-order valence-electron chi connectivity index (χ3n) is 7.18. The monoisotopic (exact) mass is 424 g/mol. The minimum absolute atomic E-state index is 0.968. The lowest BCUT2D eigenvalue weighted by molar-refractivity contribution is 0.676. The van der Waals surface area contributed by atoms with Crippen LogP contribution in [0.25, 0.3) is 66.4 Å². The molecule has 4 aromatic carbocycles. The van der Waals surface area contributed by atoms with Crippen LogP contribution in [0.3, 0.4) is 0 Å². The summed E-state index contributed by atoms with van der Waals surface area (Å²) in [5.41, 5.74) is 9.22. The minimum Gasteiger partial charge on any atom is -0.455 e. The largest absolute Gasteiger partial charge is 0.455 e. The number of allylic oxidation sites excluding steroid dienone is 1. The molecule has 0 unspecified atom stereocenters. The number of nitrogens with zero attached hydrogens (tertiary/aromatic N) is 1. The molecule has 33 heavy (non-hydrogen) atoms. The molecule has 0 radical (unpaired) electrons. The second kappa shape index (κ2) is 6.17. The molecule has 8 rings (SSSR count). The Morgan fingerprint density at radius 1 is 0.697 bits per heavy atom. The summed E-state index contributed by atoms with van der Waals surface area (Å²) in [4.78, 5) is 3.63. The normalized spacial score (nSPS) is 13.7. The summed E-state index contributed by atoms with van der Waals surface area (Å²) in [5.74, 6) is 0. The van der Waals surface area contributed by atoms with Gasteiger partial charge in [0.05, 0.1) is 27.3 Å². The third-order valence-corrected chi connectivity index (χ3v) is 7.18. The zero-order valence-electron chi connectivity index (χ0n) is 17.9. The van der Waals surface area contributed by atoms with Crippen LogP contribution in [0.1, 0.15) is 17.7 Å². The molecule has 1 aliphatic carbocycles. The lowest BCUT2D eigenvalue weighted by Gasteiger charge is -2.07. The lowest BCUT2D eigenvalue weighted by Crippen LogP contribution is -1.92. The number of furan rings is 1. The minimum atomic E-state index is 0.968. The number of nitrogens with one attached hydrogen (secondary N) is 1. The molecule has 0 atom stereocenters. The maximum absolute atomic E-state index is 6.79. The number of para-hydroxylation sites is 2. The molecule has 156 valence electrons. The van der Waals surface area contributed by atoms with Crippen molar-refractivity contribution < 1.29 is 4.42 Å². The van der Waals surface area contributed by atoms with Crippen LogP contribution in [0.5, 0.6) is 0 Å². The van der Waals surface area contributed by atoms with Gasteiger partial charge in [0.1, 0.15) is 11.2 Å². The quantitative estimate of drug-likeness (QED) is 0.284. The highest BCUT2D eigenvalue weighted by atomic mass is 16.3. The van der Waals surface area contributed by atoms with E-state index in [1.54, 1.807) is 0 Å². The first-order valence-electron chi connectivity index (χ1n) is 11.5. The Labute approximate surface area is 189 Å². The summed E-state index contributed by atoms with van der Waals surface area (Å²) in [6, 6.07) is 28.1. The predicted molar refractivity (Wildman–Crippen MR) is 137 cm³/mol. The van der Waals surface area contributed by atoms with E-state index in [1.165, 1.54) is 49.2 Å². The maximum Gasteiger partial charge on any atom is 0.145 e. The van der Waals surface area contributed by atoms with Crippen molar-refractivity contribution in [2.24, 2.45) is 0 Å². The van der Waals surface area contributed by atoms with Gasteiger partial charge in [-0.25, -0.2) is 0 Å². The van der Waals surface area contributed by atoms with Crippen LogP contribution in [-0.2, 0) is 6.42 Å². The topological polar surface area (TPSA) is 33.9 Å². The van der Waals surface area contributed by atoms with Gasteiger partial charge in [0.2, 0.25) is 0 Å². The summed E-state index contributed by atoms with van der Waals surface area (Å²) in [7, 11) is 0. The van der Waals surface area contributed by atoms with Crippen LogP contribution in [0, 0.1) is 0 Å². The van der Waals surface area contributed by atoms with E-state index in [4.69, 9.17) is 4.42 Å². The summed E-state index contributed by atoms with van der Waals surface area (Å²) in [6.07, 6.45) is 6.66. The van der Waals surface area contributed by atoms with Gasteiger partial charge >= 0.3 is 0 Å². The summed E-state index contributed by atoms with van der Waals surface area (Å²) < 4.78 is 9.13. The first-order valence-corrected chi connectivity index (χ1v) is 11.5. The zero-order valence-corrected chi connectivity index (χ0v) is 17.9. The number of hydrogen-bond donors (Lipinski definition) is 1. The smallest absolute Gasteiger partial charge is 0.145 e. The highest BCUT2D eigenvalue weighted by Gasteiger charge is 2.21. The SMILES string of the molecule is C1=Cc2c([nH]c3ccc4c5ccc6c(c7ccccc7n6-c6ccccc6)c5oc4c23)CC1. The Balaban J connectivity index is 1.58. The Kier molecular flexibility index (Phi) is 3.24. The van der Waals surface area contributed by atoms with Gasteiger partial charge < -0.3 is 14.0 Å². The molecule has 0 fully saturated rings. The molecule has 3 heteroatoms. The number of benzene rings is 4. The van der Waals surface area contributed by atoms with Gasteiger partial charge in [-0.3, -0.25) is 0 Å². The van der Waals surface area contributed by atoms with Crippen molar-refractivity contribution in [2.45, 2.75) is 12.8 Å². The molecule has 1 aliphatic rings. The van der Waals surface area contributed by atoms with Crippen LogP contribution in [0.2, 0.25) is 0 Å². The molecule has 0 saturated carbocycles. The average Bonchev–Trinajstić information content (AvgIpc) is 3.53. The van der Waals surface area contributed by atoms with E-state index in [9.17, 15) is 0 Å². The van der Waals surface area contributed by atoms with E-state index in [1.807, 2.05) is 0 Å². The molecule has 0 amide bonds. The number of rotatable bonds is 1. The van der Waals surface area contributed by atoms with Gasteiger partial charge in [-0.05, 0) is 55.3 Å². The van der Waals surface area contributed by atoms with E-state index in [0.29, 0.717) is 0 Å². The molecule has 3 heterocycles. The molecule has 7 aromatic rings. The number of aryl methyl sites for hydroxylation is 1. The maximum atomic E-state index is 6.79.